The van der Waals surface area contributed by atoms with Gasteiger partial charge in [0.1, 0.15) is 11.6 Å². The molecule has 5 aromatic rings. The number of halogens is 1. The van der Waals surface area contributed by atoms with Gasteiger partial charge in [0.15, 0.2) is 0 Å². The second-order valence-corrected chi connectivity index (χ2v) is 9.26. The maximum absolute atomic E-state index is 14.5. The molecule has 0 spiro atoms. The fourth-order valence-electron chi connectivity index (χ4n) is 3.87. The standard InChI is InChI=1S/C25H19FN4OS2/c1-14-2-7-20(26)21(10-14)30(25(28)31)17-5-3-15(4-6-17)19-13-33-23-18(16-8-9-32-12-16)11-29-24(27)22(19)23/h2-13H,1H3,(H2,27,29)(H2,28,31). The molecule has 3 aromatic heterocycles. The van der Waals surface area contributed by atoms with Crippen molar-refractivity contribution in [3.63, 3.8) is 0 Å². The molecule has 0 bridgehead atoms. The number of nitrogens with two attached hydrogens (primary N) is 2. The Hall–Kier alpha value is -3.75. The third kappa shape index (κ3) is 3.73. The summed E-state index contributed by atoms with van der Waals surface area (Å²) in [6.45, 7) is 1.83. The van der Waals surface area contributed by atoms with Gasteiger partial charge in [-0.05, 0) is 70.1 Å². The number of rotatable bonds is 4. The molecule has 5 rings (SSSR count). The first kappa shape index (κ1) is 21.1. The zero-order valence-corrected chi connectivity index (χ0v) is 19.2. The van der Waals surface area contributed by atoms with Crippen molar-refractivity contribution in [1.82, 2.24) is 4.98 Å². The third-order valence-electron chi connectivity index (χ3n) is 5.46. The summed E-state index contributed by atoms with van der Waals surface area (Å²) in [6, 6.07) is 13.1. The SMILES string of the molecule is Cc1ccc(F)c(N(C(N)=O)c2ccc(-c3csc4c(-c5ccsc5)cnc(N)c34)cc2)c1. The van der Waals surface area contributed by atoms with Gasteiger partial charge in [0.05, 0.1) is 11.4 Å². The number of thiophene rings is 2. The molecular weight excluding hydrogens is 455 g/mol. The van der Waals surface area contributed by atoms with E-state index >= 15 is 0 Å². The van der Waals surface area contributed by atoms with Crippen LogP contribution in [-0.2, 0) is 0 Å². The van der Waals surface area contributed by atoms with Crippen molar-refractivity contribution in [2.24, 2.45) is 5.73 Å². The molecule has 0 saturated carbocycles. The van der Waals surface area contributed by atoms with E-state index in [1.165, 1.54) is 11.0 Å². The minimum absolute atomic E-state index is 0.116. The highest BCUT2D eigenvalue weighted by Gasteiger charge is 2.20. The first-order valence-electron chi connectivity index (χ1n) is 10.1. The summed E-state index contributed by atoms with van der Waals surface area (Å²) in [4.78, 5) is 17.8. The number of carbonyl (C=O) groups excluding carboxylic acids is 1. The first-order valence-corrected chi connectivity index (χ1v) is 11.9. The van der Waals surface area contributed by atoms with Crippen molar-refractivity contribution in [2.45, 2.75) is 6.92 Å². The molecular formula is C25H19FN4OS2. The molecule has 164 valence electrons. The van der Waals surface area contributed by atoms with Crippen molar-refractivity contribution in [3.05, 3.63) is 82.2 Å². The lowest BCUT2D eigenvalue weighted by atomic mass is 10.0. The molecule has 5 nitrogen and oxygen atoms in total. The second-order valence-electron chi connectivity index (χ2n) is 7.60. The minimum atomic E-state index is -0.762. The number of urea groups is 1. The monoisotopic (exact) mass is 474 g/mol. The Kier molecular flexibility index (Phi) is 5.32. The molecule has 2 aromatic carbocycles. The van der Waals surface area contributed by atoms with Crippen LogP contribution in [0.4, 0.5) is 26.4 Å². The van der Waals surface area contributed by atoms with E-state index in [0.717, 1.165) is 37.9 Å². The van der Waals surface area contributed by atoms with E-state index in [2.05, 4.69) is 21.8 Å². The van der Waals surface area contributed by atoms with Crippen molar-refractivity contribution in [1.29, 1.82) is 0 Å². The Balaban J connectivity index is 1.58. The van der Waals surface area contributed by atoms with Gasteiger partial charge in [-0.2, -0.15) is 11.3 Å². The topological polar surface area (TPSA) is 85.2 Å². The fourth-order valence-corrected chi connectivity index (χ4v) is 5.65. The first-order chi connectivity index (χ1) is 15.9. The van der Waals surface area contributed by atoms with Crippen LogP contribution in [-0.4, -0.2) is 11.0 Å². The van der Waals surface area contributed by atoms with Crippen LogP contribution in [0.15, 0.2) is 70.9 Å². The van der Waals surface area contributed by atoms with Crippen molar-refractivity contribution >= 4 is 56.0 Å². The van der Waals surface area contributed by atoms with E-state index in [-0.39, 0.29) is 5.69 Å². The molecule has 3 heterocycles. The number of hydrogen-bond acceptors (Lipinski definition) is 5. The molecule has 8 heteroatoms. The number of primary amides is 1. The lowest BCUT2D eigenvalue weighted by molar-refractivity contribution is 0.256. The number of nitrogen functional groups attached to an aromatic ring is 1. The average Bonchev–Trinajstić information content (AvgIpc) is 3.48. The number of nitrogens with zero attached hydrogens (tertiary/aromatic N) is 2. The molecule has 0 aliphatic heterocycles. The summed E-state index contributed by atoms with van der Waals surface area (Å²) in [5, 5.41) is 7.07. The third-order valence-corrected chi connectivity index (χ3v) is 7.15. The molecule has 0 aliphatic rings. The number of hydrogen-bond donors (Lipinski definition) is 2. The van der Waals surface area contributed by atoms with E-state index in [1.807, 2.05) is 30.6 Å². The van der Waals surface area contributed by atoms with Crippen LogP contribution in [0.1, 0.15) is 5.56 Å². The second kappa shape index (κ2) is 8.31. The molecule has 0 saturated heterocycles. The Labute approximate surface area is 197 Å². The quantitative estimate of drug-likeness (QED) is 0.296. The van der Waals surface area contributed by atoms with Crippen molar-refractivity contribution in [2.75, 3.05) is 10.6 Å². The number of aromatic nitrogens is 1. The Morgan fingerprint density at radius 1 is 1.03 bits per heavy atom. The largest absolute Gasteiger partial charge is 0.383 e. The predicted octanol–water partition coefficient (Wildman–Crippen LogP) is 6.94. The number of fused-ring (bicyclic) bond motifs is 1. The lowest BCUT2D eigenvalue weighted by Gasteiger charge is -2.22. The van der Waals surface area contributed by atoms with Crippen LogP contribution in [0.3, 0.4) is 0 Å². The minimum Gasteiger partial charge on any atom is -0.383 e. The summed E-state index contributed by atoms with van der Waals surface area (Å²) in [7, 11) is 0. The van der Waals surface area contributed by atoms with Crippen molar-refractivity contribution < 1.29 is 9.18 Å². The molecule has 0 atom stereocenters. The van der Waals surface area contributed by atoms with E-state index < -0.39 is 11.8 Å². The number of amides is 2. The smallest absolute Gasteiger partial charge is 0.323 e. The lowest BCUT2D eigenvalue weighted by Crippen LogP contribution is -2.32. The molecule has 4 N–H and O–H groups in total. The maximum atomic E-state index is 14.5. The Bertz CT molecular complexity index is 1480. The number of anilines is 3. The summed E-state index contributed by atoms with van der Waals surface area (Å²) >= 11 is 3.25. The molecule has 0 fully saturated rings. The molecule has 2 amide bonds. The van der Waals surface area contributed by atoms with Crippen molar-refractivity contribution in [3.8, 4) is 22.3 Å². The normalized spacial score (nSPS) is 11.1. The molecule has 33 heavy (non-hydrogen) atoms. The van der Waals surface area contributed by atoms with E-state index in [9.17, 15) is 9.18 Å². The van der Waals surface area contributed by atoms with E-state index in [4.69, 9.17) is 11.5 Å². The number of aryl methyl sites for hydroxylation is 1. The summed E-state index contributed by atoms with van der Waals surface area (Å²) < 4.78 is 15.5. The molecule has 0 radical (unpaired) electrons. The maximum Gasteiger partial charge on any atom is 0.323 e. The van der Waals surface area contributed by atoms with Gasteiger partial charge in [-0.3, -0.25) is 4.90 Å². The Morgan fingerprint density at radius 2 is 1.82 bits per heavy atom. The summed E-state index contributed by atoms with van der Waals surface area (Å²) in [6.07, 6.45) is 1.81. The van der Waals surface area contributed by atoms with Crippen LogP contribution in [0.25, 0.3) is 32.3 Å². The van der Waals surface area contributed by atoms with Gasteiger partial charge in [-0.1, -0.05) is 18.2 Å². The van der Waals surface area contributed by atoms with Gasteiger partial charge in [-0.15, -0.1) is 11.3 Å². The Morgan fingerprint density at radius 3 is 2.52 bits per heavy atom. The number of carbonyl (C=O) groups is 1. The predicted molar refractivity (Wildman–Crippen MR) is 136 cm³/mol. The van der Waals surface area contributed by atoms with Gasteiger partial charge in [-0.25, -0.2) is 14.2 Å². The van der Waals surface area contributed by atoms with Gasteiger partial charge in [0.25, 0.3) is 0 Å². The van der Waals surface area contributed by atoms with Crippen LogP contribution in [0.5, 0.6) is 0 Å². The molecule has 0 aliphatic carbocycles. The summed E-state index contributed by atoms with van der Waals surface area (Å²) in [5.41, 5.74) is 17.3. The number of benzene rings is 2. The highest BCUT2D eigenvalue weighted by Crippen LogP contribution is 2.42. The van der Waals surface area contributed by atoms with Gasteiger partial charge in [0, 0.05) is 27.4 Å². The average molecular weight is 475 g/mol. The van der Waals surface area contributed by atoms with Crippen LogP contribution in [0.2, 0.25) is 0 Å². The molecule has 0 unspecified atom stereocenters. The van der Waals surface area contributed by atoms with Gasteiger partial charge >= 0.3 is 6.03 Å². The van der Waals surface area contributed by atoms with Crippen LogP contribution in [0, 0.1) is 12.7 Å². The van der Waals surface area contributed by atoms with Crippen LogP contribution < -0.4 is 16.4 Å². The van der Waals surface area contributed by atoms with Gasteiger partial charge in [0.2, 0.25) is 0 Å². The highest BCUT2D eigenvalue weighted by molar-refractivity contribution is 7.18. The summed E-state index contributed by atoms with van der Waals surface area (Å²) in [5.74, 6) is -0.0583. The number of pyridine rings is 1. The zero-order chi connectivity index (χ0) is 23.1. The zero-order valence-electron chi connectivity index (χ0n) is 17.6. The highest BCUT2D eigenvalue weighted by atomic mass is 32.1. The van der Waals surface area contributed by atoms with Crippen LogP contribution >= 0.6 is 22.7 Å². The van der Waals surface area contributed by atoms with Gasteiger partial charge < -0.3 is 11.5 Å². The van der Waals surface area contributed by atoms with E-state index in [1.54, 1.807) is 46.9 Å². The van der Waals surface area contributed by atoms with E-state index in [0.29, 0.717) is 11.5 Å². The fraction of sp³-hybridized carbons (Fsp3) is 0.0400.